The molecule has 0 saturated carbocycles. The molecular formula is C20H35N3O3. The third-order valence-corrected chi connectivity index (χ3v) is 4.06. The van der Waals surface area contributed by atoms with E-state index in [9.17, 15) is 5.11 Å². The van der Waals surface area contributed by atoms with E-state index in [1.54, 1.807) is 26.4 Å². The molecule has 0 aliphatic carbocycles. The molecule has 6 nitrogen and oxygen atoms in total. The van der Waals surface area contributed by atoms with Crippen LogP contribution >= 0.6 is 0 Å². The second kappa shape index (κ2) is 12.4. The van der Waals surface area contributed by atoms with E-state index in [2.05, 4.69) is 29.5 Å². The number of unbranched alkanes of at least 4 members (excludes halogenated alkanes) is 1. The Kier molecular flexibility index (Phi) is 10.5. The van der Waals surface area contributed by atoms with E-state index in [1.807, 2.05) is 13.0 Å². The van der Waals surface area contributed by atoms with Crippen LogP contribution in [0.5, 0.6) is 11.5 Å². The molecule has 1 unspecified atom stereocenters. The summed E-state index contributed by atoms with van der Waals surface area (Å²) in [6.45, 7) is 8.45. The zero-order chi connectivity index (χ0) is 19.4. The van der Waals surface area contributed by atoms with E-state index < -0.39 is 6.10 Å². The van der Waals surface area contributed by atoms with Crippen LogP contribution in [-0.2, 0) is 0 Å². The van der Waals surface area contributed by atoms with E-state index in [-0.39, 0.29) is 6.54 Å². The summed E-state index contributed by atoms with van der Waals surface area (Å²) in [6.07, 6.45) is 2.86. The molecule has 6 heteroatoms. The first-order valence-electron chi connectivity index (χ1n) is 9.43. The van der Waals surface area contributed by atoms with Crippen molar-refractivity contribution in [3.8, 4) is 11.5 Å². The Labute approximate surface area is 158 Å². The molecule has 0 aliphatic rings. The van der Waals surface area contributed by atoms with Crippen molar-refractivity contribution in [1.29, 1.82) is 0 Å². The number of hydrogen-bond donors (Lipinski definition) is 3. The van der Waals surface area contributed by atoms with Crippen LogP contribution in [0.25, 0.3) is 0 Å². The highest BCUT2D eigenvalue weighted by molar-refractivity contribution is 5.79. The number of aliphatic imine (C=N–C) groups is 1. The van der Waals surface area contributed by atoms with Gasteiger partial charge in [-0.05, 0) is 37.0 Å². The predicted octanol–water partition coefficient (Wildman–Crippen LogP) is 3.12. The minimum Gasteiger partial charge on any atom is -0.493 e. The molecule has 148 valence electrons. The van der Waals surface area contributed by atoms with Crippen LogP contribution in [0.15, 0.2) is 23.2 Å². The fourth-order valence-electron chi connectivity index (χ4n) is 2.57. The lowest BCUT2D eigenvalue weighted by atomic mass is 10.1. The van der Waals surface area contributed by atoms with Crippen molar-refractivity contribution >= 4 is 5.96 Å². The highest BCUT2D eigenvalue weighted by Crippen LogP contribution is 2.29. The van der Waals surface area contributed by atoms with Crippen LogP contribution in [-0.4, -0.2) is 44.9 Å². The number of guanidine groups is 1. The molecule has 0 radical (unpaired) electrons. The quantitative estimate of drug-likeness (QED) is 0.319. The van der Waals surface area contributed by atoms with Gasteiger partial charge in [0.1, 0.15) is 0 Å². The Morgan fingerprint density at radius 1 is 1.12 bits per heavy atom. The second-order valence-electron chi connectivity index (χ2n) is 6.67. The van der Waals surface area contributed by atoms with Crippen LogP contribution in [0.1, 0.15) is 51.7 Å². The maximum Gasteiger partial charge on any atom is 0.191 e. The molecule has 0 aromatic heterocycles. The summed E-state index contributed by atoms with van der Waals surface area (Å²) in [4.78, 5) is 4.49. The molecule has 0 aliphatic heterocycles. The van der Waals surface area contributed by atoms with Crippen LogP contribution in [0, 0.1) is 5.92 Å². The molecule has 1 aromatic carbocycles. The Bertz CT molecular complexity index is 547. The fourth-order valence-corrected chi connectivity index (χ4v) is 2.57. The summed E-state index contributed by atoms with van der Waals surface area (Å²) in [6, 6.07) is 5.40. The van der Waals surface area contributed by atoms with Gasteiger partial charge < -0.3 is 25.2 Å². The average molecular weight is 366 g/mol. The van der Waals surface area contributed by atoms with Gasteiger partial charge in [0.15, 0.2) is 17.5 Å². The maximum atomic E-state index is 10.4. The van der Waals surface area contributed by atoms with E-state index in [4.69, 9.17) is 9.47 Å². The second-order valence-corrected chi connectivity index (χ2v) is 6.67. The smallest absolute Gasteiger partial charge is 0.191 e. The third kappa shape index (κ3) is 7.95. The molecule has 1 rings (SSSR count). The number of rotatable bonds is 11. The molecule has 1 atom stereocenters. The average Bonchev–Trinajstić information content (AvgIpc) is 2.64. The van der Waals surface area contributed by atoms with E-state index in [0.29, 0.717) is 11.5 Å². The zero-order valence-corrected chi connectivity index (χ0v) is 16.8. The number of hydrogen-bond acceptors (Lipinski definition) is 4. The van der Waals surface area contributed by atoms with Gasteiger partial charge in [-0.25, -0.2) is 0 Å². The molecule has 1 aromatic rings. The first-order valence-corrected chi connectivity index (χ1v) is 9.43. The Morgan fingerprint density at radius 2 is 1.85 bits per heavy atom. The number of methoxy groups -OCH3 is 2. The summed E-state index contributed by atoms with van der Waals surface area (Å²) < 4.78 is 10.5. The summed E-state index contributed by atoms with van der Waals surface area (Å²) in [5, 5.41) is 17.0. The molecule has 0 heterocycles. The number of nitrogens with zero attached hydrogens (tertiary/aromatic N) is 1. The Morgan fingerprint density at radius 3 is 2.46 bits per heavy atom. The van der Waals surface area contributed by atoms with Gasteiger partial charge in [0.2, 0.25) is 0 Å². The molecule has 0 amide bonds. The van der Waals surface area contributed by atoms with Crippen LogP contribution in [0.3, 0.4) is 0 Å². The number of aliphatic hydroxyl groups excluding tert-OH is 1. The number of benzene rings is 1. The minimum atomic E-state index is -0.703. The molecule has 0 fully saturated rings. The summed E-state index contributed by atoms with van der Waals surface area (Å²) in [7, 11) is 3.17. The van der Waals surface area contributed by atoms with Gasteiger partial charge in [0.25, 0.3) is 0 Å². The summed E-state index contributed by atoms with van der Waals surface area (Å²) in [5.74, 6) is 2.72. The summed E-state index contributed by atoms with van der Waals surface area (Å²) in [5.41, 5.74) is 0.749. The number of aliphatic hydroxyl groups is 1. The van der Waals surface area contributed by atoms with Crippen molar-refractivity contribution in [2.75, 3.05) is 33.9 Å². The van der Waals surface area contributed by atoms with Crippen molar-refractivity contribution in [1.82, 2.24) is 10.6 Å². The lowest BCUT2D eigenvalue weighted by Crippen LogP contribution is -2.38. The van der Waals surface area contributed by atoms with Gasteiger partial charge in [-0.3, -0.25) is 4.99 Å². The van der Waals surface area contributed by atoms with Crippen LogP contribution in [0.2, 0.25) is 0 Å². The SMILES string of the molecule is CCNC(=NCC(O)c1ccc(OC)c(OC)c1)NCCCCC(C)C. The largest absolute Gasteiger partial charge is 0.493 e. The summed E-state index contributed by atoms with van der Waals surface area (Å²) >= 11 is 0. The highest BCUT2D eigenvalue weighted by atomic mass is 16.5. The monoisotopic (exact) mass is 365 g/mol. The first kappa shape index (κ1) is 22.1. The topological polar surface area (TPSA) is 75.1 Å². The Balaban J connectivity index is 2.59. The number of ether oxygens (including phenoxy) is 2. The molecule has 3 N–H and O–H groups in total. The van der Waals surface area contributed by atoms with Crippen molar-refractivity contribution < 1.29 is 14.6 Å². The van der Waals surface area contributed by atoms with E-state index in [1.165, 1.54) is 12.8 Å². The van der Waals surface area contributed by atoms with Crippen molar-refractivity contribution in [2.24, 2.45) is 10.9 Å². The highest BCUT2D eigenvalue weighted by Gasteiger charge is 2.12. The van der Waals surface area contributed by atoms with Crippen LogP contribution in [0.4, 0.5) is 0 Å². The predicted molar refractivity (Wildman–Crippen MR) is 107 cm³/mol. The molecule has 0 saturated heterocycles. The van der Waals surface area contributed by atoms with Gasteiger partial charge >= 0.3 is 0 Å². The van der Waals surface area contributed by atoms with Crippen molar-refractivity contribution in [3.63, 3.8) is 0 Å². The maximum absolute atomic E-state index is 10.4. The molecule has 0 spiro atoms. The number of nitrogens with one attached hydrogen (secondary N) is 2. The lowest BCUT2D eigenvalue weighted by molar-refractivity contribution is 0.186. The standard InChI is InChI=1S/C20H35N3O3/c1-6-21-20(22-12-8-7-9-15(2)3)23-14-17(24)16-10-11-18(25-4)19(13-16)26-5/h10-11,13,15,17,24H,6-9,12,14H2,1-5H3,(H2,21,22,23). The minimum absolute atomic E-state index is 0.275. The fraction of sp³-hybridized carbons (Fsp3) is 0.650. The molecular weight excluding hydrogens is 330 g/mol. The van der Waals surface area contributed by atoms with Gasteiger partial charge in [-0.2, -0.15) is 0 Å². The normalized spacial score (nSPS) is 12.8. The lowest BCUT2D eigenvalue weighted by Gasteiger charge is -2.15. The van der Waals surface area contributed by atoms with Crippen LogP contribution < -0.4 is 20.1 Å². The van der Waals surface area contributed by atoms with Crippen molar-refractivity contribution in [2.45, 2.75) is 46.1 Å². The third-order valence-electron chi connectivity index (χ3n) is 4.06. The van der Waals surface area contributed by atoms with Crippen molar-refractivity contribution in [3.05, 3.63) is 23.8 Å². The van der Waals surface area contributed by atoms with Gasteiger partial charge in [0.05, 0.1) is 26.9 Å². The van der Waals surface area contributed by atoms with Gasteiger partial charge in [0, 0.05) is 13.1 Å². The zero-order valence-electron chi connectivity index (χ0n) is 16.8. The first-order chi connectivity index (χ1) is 12.5. The van der Waals surface area contributed by atoms with Gasteiger partial charge in [-0.1, -0.05) is 32.8 Å². The van der Waals surface area contributed by atoms with E-state index >= 15 is 0 Å². The van der Waals surface area contributed by atoms with E-state index in [0.717, 1.165) is 37.0 Å². The molecule has 0 bridgehead atoms. The van der Waals surface area contributed by atoms with Gasteiger partial charge in [-0.15, -0.1) is 0 Å². The molecule has 26 heavy (non-hydrogen) atoms. The Hall–Kier alpha value is -1.95.